The maximum Gasteiger partial charge on any atom is 0.225 e. The highest BCUT2D eigenvalue weighted by atomic mass is 79.9. The molecule has 1 aliphatic heterocycles. The van der Waals surface area contributed by atoms with Gasteiger partial charge in [0.25, 0.3) is 0 Å². The lowest BCUT2D eigenvalue weighted by atomic mass is 10.2. The van der Waals surface area contributed by atoms with Crippen molar-refractivity contribution in [2.45, 2.75) is 31.0 Å². The van der Waals surface area contributed by atoms with E-state index in [0.717, 1.165) is 24.7 Å². The number of halogens is 1. The molecule has 1 unspecified atom stereocenters. The van der Waals surface area contributed by atoms with Gasteiger partial charge in [0.1, 0.15) is 0 Å². The molecule has 0 amide bonds. The average Bonchev–Trinajstić information content (AvgIpc) is 2.43. The zero-order valence-electron chi connectivity index (χ0n) is 8.99. The van der Waals surface area contributed by atoms with E-state index in [4.69, 9.17) is 0 Å². The van der Waals surface area contributed by atoms with Gasteiger partial charge in [0.2, 0.25) is 5.95 Å². The second kappa shape index (κ2) is 4.92. The van der Waals surface area contributed by atoms with Crippen molar-refractivity contribution in [1.29, 1.82) is 0 Å². The molecule has 0 aromatic carbocycles. The van der Waals surface area contributed by atoms with Crippen LogP contribution in [0.25, 0.3) is 0 Å². The third kappa shape index (κ3) is 2.91. The molecule has 0 spiro atoms. The van der Waals surface area contributed by atoms with E-state index in [1.165, 1.54) is 19.3 Å². The summed E-state index contributed by atoms with van der Waals surface area (Å²) in [7, 11) is 0. The van der Waals surface area contributed by atoms with Crippen LogP contribution in [0.5, 0.6) is 0 Å². The van der Waals surface area contributed by atoms with Crippen molar-refractivity contribution in [2.75, 3.05) is 18.0 Å². The minimum Gasteiger partial charge on any atom is -0.341 e. The van der Waals surface area contributed by atoms with Crippen molar-refractivity contribution in [3.63, 3.8) is 0 Å². The lowest BCUT2D eigenvalue weighted by Crippen LogP contribution is -2.26. The average molecular weight is 270 g/mol. The smallest absolute Gasteiger partial charge is 0.225 e. The summed E-state index contributed by atoms with van der Waals surface area (Å²) in [4.78, 5) is 11.7. The van der Waals surface area contributed by atoms with Gasteiger partial charge in [-0.3, -0.25) is 0 Å². The summed E-state index contributed by atoms with van der Waals surface area (Å²) >= 11 is 3.69. The Labute approximate surface area is 99.0 Å². The molecular weight excluding hydrogens is 254 g/mol. The standard InChI is InChI=1S/C11H16BrN3/c1-9-4-6-13-11(14-9)15-7-2-3-10(12)5-8-15/h4,6,10H,2-3,5,7-8H2,1H3. The molecule has 0 aliphatic carbocycles. The van der Waals surface area contributed by atoms with Crippen LogP contribution in [0.15, 0.2) is 12.3 Å². The molecule has 2 rings (SSSR count). The van der Waals surface area contributed by atoms with Gasteiger partial charge in [-0.25, -0.2) is 9.97 Å². The summed E-state index contributed by atoms with van der Waals surface area (Å²) in [6.45, 7) is 4.14. The monoisotopic (exact) mass is 269 g/mol. The Morgan fingerprint density at radius 2 is 2.27 bits per heavy atom. The number of rotatable bonds is 1. The molecule has 1 aromatic heterocycles. The third-order valence-corrected chi connectivity index (χ3v) is 3.64. The maximum absolute atomic E-state index is 4.46. The van der Waals surface area contributed by atoms with Gasteiger partial charge in [-0.05, 0) is 32.3 Å². The van der Waals surface area contributed by atoms with Crippen molar-refractivity contribution in [3.8, 4) is 0 Å². The molecule has 4 heteroatoms. The number of anilines is 1. The first-order chi connectivity index (χ1) is 7.25. The van der Waals surface area contributed by atoms with Gasteiger partial charge in [-0.15, -0.1) is 0 Å². The topological polar surface area (TPSA) is 29.0 Å². The van der Waals surface area contributed by atoms with Gasteiger partial charge in [-0.1, -0.05) is 15.9 Å². The summed E-state index contributed by atoms with van der Waals surface area (Å²) in [6, 6.07) is 1.94. The van der Waals surface area contributed by atoms with Crippen molar-refractivity contribution in [2.24, 2.45) is 0 Å². The summed E-state index contributed by atoms with van der Waals surface area (Å²) in [5.41, 5.74) is 1.04. The largest absolute Gasteiger partial charge is 0.341 e. The van der Waals surface area contributed by atoms with Gasteiger partial charge < -0.3 is 4.90 Å². The molecule has 0 radical (unpaired) electrons. The summed E-state index contributed by atoms with van der Waals surface area (Å²) < 4.78 is 0. The molecule has 82 valence electrons. The van der Waals surface area contributed by atoms with Crippen LogP contribution in [0.2, 0.25) is 0 Å². The van der Waals surface area contributed by atoms with Crippen LogP contribution in [-0.4, -0.2) is 27.9 Å². The first-order valence-electron chi connectivity index (χ1n) is 5.44. The molecule has 3 nitrogen and oxygen atoms in total. The Morgan fingerprint density at radius 1 is 1.40 bits per heavy atom. The summed E-state index contributed by atoms with van der Waals surface area (Å²) in [5.74, 6) is 0.886. The van der Waals surface area contributed by atoms with Crippen LogP contribution in [0, 0.1) is 6.92 Å². The first-order valence-corrected chi connectivity index (χ1v) is 6.36. The number of hydrogen-bond donors (Lipinski definition) is 0. The molecule has 1 saturated heterocycles. The lowest BCUT2D eigenvalue weighted by molar-refractivity contribution is 0.751. The fourth-order valence-corrected chi connectivity index (χ4v) is 2.37. The van der Waals surface area contributed by atoms with Crippen LogP contribution >= 0.6 is 15.9 Å². The van der Waals surface area contributed by atoms with E-state index in [0.29, 0.717) is 4.83 Å². The lowest BCUT2D eigenvalue weighted by Gasteiger charge is -2.20. The van der Waals surface area contributed by atoms with Crippen molar-refractivity contribution >= 4 is 21.9 Å². The highest BCUT2D eigenvalue weighted by molar-refractivity contribution is 9.09. The van der Waals surface area contributed by atoms with Crippen LogP contribution in [0.1, 0.15) is 25.0 Å². The van der Waals surface area contributed by atoms with Gasteiger partial charge >= 0.3 is 0 Å². The van der Waals surface area contributed by atoms with E-state index < -0.39 is 0 Å². The van der Waals surface area contributed by atoms with Crippen LogP contribution in [0.4, 0.5) is 5.95 Å². The quantitative estimate of drug-likeness (QED) is 0.734. The minimum atomic E-state index is 0.660. The van der Waals surface area contributed by atoms with Crippen molar-refractivity contribution in [3.05, 3.63) is 18.0 Å². The van der Waals surface area contributed by atoms with E-state index in [1.807, 2.05) is 19.2 Å². The highest BCUT2D eigenvalue weighted by Gasteiger charge is 2.16. The Bertz CT molecular complexity index is 329. The zero-order valence-corrected chi connectivity index (χ0v) is 10.6. The Morgan fingerprint density at radius 3 is 3.07 bits per heavy atom. The van der Waals surface area contributed by atoms with E-state index >= 15 is 0 Å². The molecule has 1 aromatic rings. The predicted octanol–water partition coefficient (Wildman–Crippen LogP) is 2.54. The van der Waals surface area contributed by atoms with Gasteiger partial charge in [0, 0.05) is 29.8 Å². The molecular formula is C11H16BrN3. The fourth-order valence-electron chi connectivity index (χ4n) is 1.84. The Kier molecular flexibility index (Phi) is 3.57. The molecule has 1 fully saturated rings. The van der Waals surface area contributed by atoms with Crippen LogP contribution in [0.3, 0.4) is 0 Å². The molecule has 0 saturated carbocycles. The molecule has 0 bridgehead atoms. The SMILES string of the molecule is Cc1ccnc(N2CCCC(Br)CC2)n1. The molecule has 2 heterocycles. The normalized spacial score (nSPS) is 22.5. The number of hydrogen-bond acceptors (Lipinski definition) is 3. The molecule has 1 atom stereocenters. The minimum absolute atomic E-state index is 0.660. The van der Waals surface area contributed by atoms with E-state index in [9.17, 15) is 0 Å². The van der Waals surface area contributed by atoms with E-state index in [2.05, 4.69) is 30.8 Å². The van der Waals surface area contributed by atoms with Gasteiger partial charge in [-0.2, -0.15) is 0 Å². The second-order valence-corrected chi connectivity index (χ2v) is 5.31. The number of aromatic nitrogens is 2. The second-order valence-electron chi connectivity index (χ2n) is 4.01. The molecule has 1 aliphatic rings. The zero-order chi connectivity index (χ0) is 10.7. The fraction of sp³-hybridized carbons (Fsp3) is 0.636. The Hall–Kier alpha value is -0.640. The summed E-state index contributed by atoms with van der Waals surface area (Å²) in [6.07, 6.45) is 5.49. The first kappa shape index (κ1) is 10.9. The number of alkyl halides is 1. The predicted molar refractivity (Wildman–Crippen MR) is 65.5 cm³/mol. The molecule has 0 N–H and O–H groups in total. The maximum atomic E-state index is 4.46. The van der Waals surface area contributed by atoms with Crippen molar-refractivity contribution < 1.29 is 0 Å². The van der Waals surface area contributed by atoms with E-state index in [-0.39, 0.29) is 0 Å². The highest BCUT2D eigenvalue weighted by Crippen LogP contribution is 2.20. The summed E-state index contributed by atoms with van der Waals surface area (Å²) in [5, 5.41) is 0. The van der Waals surface area contributed by atoms with Gasteiger partial charge in [0.15, 0.2) is 0 Å². The number of aryl methyl sites for hydroxylation is 1. The number of nitrogens with zero attached hydrogens (tertiary/aromatic N) is 3. The van der Waals surface area contributed by atoms with E-state index in [1.54, 1.807) is 0 Å². The third-order valence-electron chi connectivity index (χ3n) is 2.72. The van der Waals surface area contributed by atoms with Crippen molar-refractivity contribution in [1.82, 2.24) is 9.97 Å². The van der Waals surface area contributed by atoms with Crippen LogP contribution in [-0.2, 0) is 0 Å². The Balaban J connectivity index is 2.09. The van der Waals surface area contributed by atoms with Gasteiger partial charge in [0.05, 0.1) is 0 Å². The molecule has 15 heavy (non-hydrogen) atoms. The van der Waals surface area contributed by atoms with Crippen LogP contribution < -0.4 is 4.90 Å².